The predicted octanol–water partition coefficient (Wildman–Crippen LogP) is 1.74. The van der Waals surface area contributed by atoms with Gasteiger partial charge in [0.15, 0.2) is 0 Å². The van der Waals surface area contributed by atoms with Gasteiger partial charge in [0.1, 0.15) is 6.42 Å². The van der Waals surface area contributed by atoms with Crippen LogP contribution in [0.5, 0.6) is 0 Å². The molecule has 1 heterocycles. The molecule has 1 N–H and O–H groups in total. The lowest BCUT2D eigenvalue weighted by atomic mass is 10.2. The van der Waals surface area contributed by atoms with Crippen molar-refractivity contribution in [3.63, 3.8) is 0 Å². The van der Waals surface area contributed by atoms with E-state index in [1.54, 1.807) is 4.90 Å². The van der Waals surface area contributed by atoms with Crippen LogP contribution >= 0.6 is 0 Å². The molecule has 2 amide bonds. The summed E-state index contributed by atoms with van der Waals surface area (Å²) in [4.78, 5) is 25.5. The Morgan fingerprint density at radius 1 is 1.32 bits per heavy atom. The van der Waals surface area contributed by atoms with E-state index in [-0.39, 0.29) is 18.2 Å². The summed E-state index contributed by atoms with van der Waals surface area (Å²) < 4.78 is 0. The first kappa shape index (κ1) is 13.6. The molecular weight excluding hydrogens is 240 g/mol. The molecule has 4 heteroatoms. The molecular formula is C15H20N2O2. The van der Waals surface area contributed by atoms with Crippen LogP contribution in [0.1, 0.15) is 25.8 Å². The van der Waals surface area contributed by atoms with Gasteiger partial charge in [-0.3, -0.25) is 9.59 Å². The van der Waals surface area contributed by atoms with E-state index >= 15 is 0 Å². The second kappa shape index (κ2) is 5.87. The Labute approximate surface area is 113 Å². The summed E-state index contributed by atoms with van der Waals surface area (Å²) in [5, 5.41) is 2.77. The Kier molecular flexibility index (Phi) is 4.20. The van der Waals surface area contributed by atoms with Crippen molar-refractivity contribution >= 4 is 17.5 Å². The molecule has 0 aromatic heterocycles. The van der Waals surface area contributed by atoms with Crippen molar-refractivity contribution in [3.05, 3.63) is 29.8 Å². The average Bonchev–Trinajstić information content (AvgIpc) is 2.80. The molecule has 0 saturated carbocycles. The van der Waals surface area contributed by atoms with E-state index in [9.17, 15) is 9.59 Å². The molecule has 0 fully saturated rings. The lowest BCUT2D eigenvalue weighted by Crippen LogP contribution is -2.35. The average molecular weight is 260 g/mol. The monoisotopic (exact) mass is 260 g/mol. The summed E-state index contributed by atoms with van der Waals surface area (Å²) in [5.41, 5.74) is 2.13. The van der Waals surface area contributed by atoms with Crippen molar-refractivity contribution in [1.82, 2.24) is 5.32 Å². The Bertz CT molecular complexity index is 483. The third-order valence-corrected chi connectivity index (χ3v) is 3.21. The Balaban J connectivity index is 1.93. The van der Waals surface area contributed by atoms with E-state index in [0.717, 1.165) is 12.1 Å². The maximum atomic E-state index is 12.1. The third kappa shape index (κ3) is 3.34. The summed E-state index contributed by atoms with van der Waals surface area (Å²) in [5.74, 6) is 0.0841. The molecule has 1 aromatic rings. The molecule has 19 heavy (non-hydrogen) atoms. The molecule has 102 valence electrons. The van der Waals surface area contributed by atoms with E-state index in [1.165, 1.54) is 5.56 Å². The van der Waals surface area contributed by atoms with Crippen molar-refractivity contribution in [2.45, 2.75) is 26.7 Å². The first-order chi connectivity index (χ1) is 9.08. The number of anilines is 1. The predicted molar refractivity (Wildman–Crippen MR) is 75.0 cm³/mol. The minimum atomic E-state index is -0.192. The molecule has 0 spiro atoms. The van der Waals surface area contributed by atoms with E-state index in [1.807, 2.05) is 38.1 Å². The molecule has 0 saturated heterocycles. The number of rotatable bonds is 4. The first-order valence-corrected chi connectivity index (χ1v) is 6.73. The highest BCUT2D eigenvalue weighted by Gasteiger charge is 2.25. The molecule has 2 rings (SSSR count). The third-order valence-electron chi connectivity index (χ3n) is 3.21. The molecule has 0 aliphatic carbocycles. The SMILES string of the molecule is CC(C)CNC(=O)CC(=O)N1CCc2ccccc21. The van der Waals surface area contributed by atoms with Crippen LogP contribution in [0.25, 0.3) is 0 Å². The van der Waals surface area contributed by atoms with E-state index in [0.29, 0.717) is 19.0 Å². The van der Waals surface area contributed by atoms with Gasteiger partial charge in [0.2, 0.25) is 11.8 Å². The summed E-state index contributed by atoms with van der Waals surface area (Å²) in [6.45, 7) is 5.34. The molecule has 1 aromatic carbocycles. The minimum absolute atomic E-state index is 0.0684. The summed E-state index contributed by atoms with van der Waals surface area (Å²) in [6, 6.07) is 7.86. The van der Waals surface area contributed by atoms with Gasteiger partial charge < -0.3 is 10.2 Å². The van der Waals surface area contributed by atoms with E-state index in [4.69, 9.17) is 0 Å². The van der Waals surface area contributed by atoms with Gasteiger partial charge in [0.25, 0.3) is 0 Å². The van der Waals surface area contributed by atoms with Crippen LogP contribution in [0.4, 0.5) is 5.69 Å². The maximum Gasteiger partial charge on any atom is 0.236 e. The molecule has 0 bridgehead atoms. The lowest BCUT2D eigenvalue weighted by molar-refractivity contribution is -0.128. The van der Waals surface area contributed by atoms with E-state index < -0.39 is 0 Å². The standard InChI is InChI=1S/C15H20N2O2/c1-11(2)10-16-14(18)9-15(19)17-8-7-12-5-3-4-6-13(12)17/h3-6,11H,7-10H2,1-2H3,(H,16,18). The van der Waals surface area contributed by atoms with Crippen molar-refractivity contribution in [2.75, 3.05) is 18.0 Å². The van der Waals surface area contributed by atoms with Gasteiger partial charge in [0, 0.05) is 18.8 Å². The molecule has 0 radical (unpaired) electrons. The highest BCUT2D eigenvalue weighted by molar-refractivity contribution is 6.05. The topological polar surface area (TPSA) is 49.4 Å². The zero-order valence-electron chi connectivity index (χ0n) is 11.5. The number of nitrogens with zero attached hydrogens (tertiary/aromatic N) is 1. The molecule has 0 unspecified atom stereocenters. The zero-order chi connectivity index (χ0) is 13.8. The van der Waals surface area contributed by atoms with Crippen molar-refractivity contribution in [1.29, 1.82) is 0 Å². The zero-order valence-corrected chi connectivity index (χ0v) is 11.5. The van der Waals surface area contributed by atoms with Gasteiger partial charge >= 0.3 is 0 Å². The summed E-state index contributed by atoms with van der Waals surface area (Å²) >= 11 is 0. The van der Waals surface area contributed by atoms with Gasteiger partial charge in [0.05, 0.1) is 0 Å². The second-order valence-electron chi connectivity index (χ2n) is 5.30. The van der Waals surface area contributed by atoms with Crippen LogP contribution in [-0.4, -0.2) is 24.9 Å². The fraction of sp³-hybridized carbons (Fsp3) is 0.467. The van der Waals surface area contributed by atoms with Gasteiger partial charge in [-0.15, -0.1) is 0 Å². The van der Waals surface area contributed by atoms with Crippen molar-refractivity contribution < 1.29 is 9.59 Å². The quantitative estimate of drug-likeness (QED) is 0.838. The maximum absolute atomic E-state index is 12.1. The first-order valence-electron chi connectivity index (χ1n) is 6.73. The van der Waals surface area contributed by atoms with Crippen LogP contribution in [-0.2, 0) is 16.0 Å². The Morgan fingerprint density at radius 2 is 2.05 bits per heavy atom. The number of nitrogens with one attached hydrogen (secondary N) is 1. The van der Waals surface area contributed by atoms with Crippen LogP contribution in [0.2, 0.25) is 0 Å². The fourth-order valence-corrected chi connectivity index (χ4v) is 2.21. The van der Waals surface area contributed by atoms with Crippen LogP contribution in [0.3, 0.4) is 0 Å². The number of carbonyl (C=O) groups is 2. The van der Waals surface area contributed by atoms with Gasteiger partial charge in [-0.05, 0) is 24.0 Å². The van der Waals surface area contributed by atoms with Gasteiger partial charge in [-0.2, -0.15) is 0 Å². The Hall–Kier alpha value is -1.84. The largest absolute Gasteiger partial charge is 0.355 e. The van der Waals surface area contributed by atoms with Crippen molar-refractivity contribution in [2.24, 2.45) is 5.92 Å². The van der Waals surface area contributed by atoms with Crippen LogP contribution in [0.15, 0.2) is 24.3 Å². The van der Waals surface area contributed by atoms with Crippen LogP contribution < -0.4 is 10.2 Å². The fourth-order valence-electron chi connectivity index (χ4n) is 2.21. The minimum Gasteiger partial charge on any atom is -0.355 e. The smallest absolute Gasteiger partial charge is 0.236 e. The number of amides is 2. The number of hydrogen-bond donors (Lipinski definition) is 1. The highest BCUT2D eigenvalue weighted by atomic mass is 16.2. The lowest BCUT2D eigenvalue weighted by Gasteiger charge is -2.17. The number of para-hydroxylation sites is 1. The number of hydrogen-bond acceptors (Lipinski definition) is 2. The van der Waals surface area contributed by atoms with Gasteiger partial charge in [-0.1, -0.05) is 32.0 Å². The number of carbonyl (C=O) groups excluding carboxylic acids is 2. The molecule has 0 atom stereocenters. The summed E-state index contributed by atoms with van der Waals surface area (Å²) in [6.07, 6.45) is 0.802. The Morgan fingerprint density at radius 3 is 2.79 bits per heavy atom. The molecule has 4 nitrogen and oxygen atoms in total. The second-order valence-corrected chi connectivity index (χ2v) is 5.30. The number of fused-ring (bicyclic) bond motifs is 1. The number of benzene rings is 1. The summed E-state index contributed by atoms with van der Waals surface area (Å²) in [7, 11) is 0. The van der Waals surface area contributed by atoms with Gasteiger partial charge in [-0.25, -0.2) is 0 Å². The highest BCUT2D eigenvalue weighted by Crippen LogP contribution is 2.27. The normalized spacial score (nSPS) is 13.5. The van der Waals surface area contributed by atoms with E-state index in [2.05, 4.69) is 5.32 Å². The molecule has 1 aliphatic rings. The molecule has 1 aliphatic heterocycles. The van der Waals surface area contributed by atoms with Crippen molar-refractivity contribution in [3.8, 4) is 0 Å². The van der Waals surface area contributed by atoms with Crippen LogP contribution in [0, 0.1) is 5.92 Å².